The maximum atomic E-state index is 13.4. The van der Waals surface area contributed by atoms with E-state index in [4.69, 9.17) is 23.2 Å². The van der Waals surface area contributed by atoms with E-state index in [0.717, 1.165) is 11.8 Å². The molecule has 1 aliphatic heterocycles. The van der Waals surface area contributed by atoms with Crippen LogP contribution in [0.15, 0.2) is 18.2 Å². The Morgan fingerprint density at radius 3 is 2.48 bits per heavy atom. The predicted octanol–water partition coefficient (Wildman–Crippen LogP) is 5.12. The Balaban J connectivity index is 1.82. The van der Waals surface area contributed by atoms with Gasteiger partial charge in [0.2, 0.25) is 11.8 Å². The molecule has 0 spiro atoms. The molecule has 1 unspecified atom stereocenters. The minimum atomic E-state index is -2.59. The highest BCUT2D eigenvalue weighted by Gasteiger charge is 2.45. The van der Waals surface area contributed by atoms with Gasteiger partial charge in [0.05, 0.1) is 15.5 Å². The van der Waals surface area contributed by atoms with E-state index in [9.17, 15) is 18.4 Å². The number of piperidine rings is 1. The number of halogens is 4. The van der Waals surface area contributed by atoms with Gasteiger partial charge in [0.25, 0.3) is 0 Å². The minimum Gasteiger partial charge on any atom is -0.341 e. The first-order valence-corrected chi connectivity index (χ1v) is 10.00. The van der Waals surface area contributed by atoms with Gasteiger partial charge in [-0.15, -0.1) is 0 Å². The molecule has 1 aliphatic carbocycles. The lowest BCUT2D eigenvalue weighted by atomic mass is 9.71. The van der Waals surface area contributed by atoms with Gasteiger partial charge >= 0.3 is 0 Å². The normalized spacial score (nSPS) is 29.0. The van der Waals surface area contributed by atoms with E-state index in [1.54, 1.807) is 30.0 Å². The van der Waals surface area contributed by atoms with Crippen molar-refractivity contribution in [3.63, 3.8) is 0 Å². The maximum Gasteiger partial charge on any atom is 0.248 e. The van der Waals surface area contributed by atoms with Crippen molar-refractivity contribution in [3.8, 4) is 0 Å². The molecule has 3 nitrogen and oxygen atoms in total. The molecule has 0 bridgehead atoms. The van der Waals surface area contributed by atoms with Crippen LogP contribution < -0.4 is 0 Å². The highest BCUT2D eigenvalue weighted by molar-refractivity contribution is 6.42. The minimum absolute atomic E-state index is 0.0233. The lowest BCUT2D eigenvalue weighted by molar-refractivity contribution is -0.143. The molecule has 1 amide bonds. The van der Waals surface area contributed by atoms with Crippen LogP contribution in [0.25, 0.3) is 0 Å². The fraction of sp³-hybridized carbons (Fsp3) is 0.600. The summed E-state index contributed by atoms with van der Waals surface area (Å²) in [6.45, 7) is 2.46. The first-order chi connectivity index (χ1) is 12.7. The summed E-state index contributed by atoms with van der Waals surface area (Å²) < 4.78 is 26.8. The number of hydrogen-bond donors (Lipinski definition) is 0. The molecule has 2 fully saturated rings. The third-order valence-electron chi connectivity index (χ3n) is 5.91. The van der Waals surface area contributed by atoms with Crippen LogP contribution >= 0.6 is 23.2 Å². The molecule has 1 saturated heterocycles. The van der Waals surface area contributed by atoms with E-state index in [1.165, 1.54) is 0 Å². The van der Waals surface area contributed by atoms with Crippen LogP contribution in [0.2, 0.25) is 10.0 Å². The van der Waals surface area contributed by atoms with Crippen LogP contribution in [-0.4, -0.2) is 36.1 Å². The van der Waals surface area contributed by atoms with Gasteiger partial charge in [-0.1, -0.05) is 36.2 Å². The Kier molecular flexibility index (Phi) is 5.83. The molecular weight excluding hydrogens is 395 g/mol. The number of aldehydes is 1. The van der Waals surface area contributed by atoms with Crippen molar-refractivity contribution in [2.45, 2.75) is 50.4 Å². The van der Waals surface area contributed by atoms with Gasteiger partial charge < -0.3 is 9.69 Å². The highest BCUT2D eigenvalue weighted by atomic mass is 35.5. The standard InChI is InChI=1S/C20H23Cl2F2NO2/c1-13-9-19(12-26,15-2-3-16(21)17(22)8-15)11-25(18(13)27)10-14-4-6-20(23,24)7-5-14/h2-3,8,12-14H,4-7,9-11H2,1H3/t13?,19-/m0/s1. The lowest BCUT2D eigenvalue weighted by Gasteiger charge is -2.44. The van der Waals surface area contributed by atoms with E-state index in [2.05, 4.69) is 0 Å². The molecule has 1 saturated carbocycles. The SMILES string of the molecule is CC1C[C@](C=O)(c2ccc(Cl)c(Cl)c2)CN(CC2CCC(F)(F)CC2)C1=O. The van der Waals surface area contributed by atoms with Crippen LogP contribution in [-0.2, 0) is 15.0 Å². The van der Waals surface area contributed by atoms with Crippen LogP contribution in [0.1, 0.15) is 44.6 Å². The zero-order chi connectivity index (χ0) is 19.8. The third kappa shape index (κ3) is 4.29. The molecule has 7 heteroatoms. The average Bonchev–Trinajstić information content (AvgIpc) is 2.62. The van der Waals surface area contributed by atoms with E-state index in [-0.39, 0.29) is 37.1 Å². The van der Waals surface area contributed by atoms with Crippen LogP contribution in [0.3, 0.4) is 0 Å². The van der Waals surface area contributed by atoms with Crippen LogP contribution in [0.5, 0.6) is 0 Å². The molecule has 27 heavy (non-hydrogen) atoms. The molecular formula is C20H23Cl2F2NO2. The Morgan fingerprint density at radius 2 is 1.89 bits per heavy atom. The summed E-state index contributed by atoms with van der Waals surface area (Å²) in [6, 6.07) is 5.10. The summed E-state index contributed by atoms with van der Waals surface area (Å²) in [4.78, 5) is 26.5. The van der Waals surface area contributed by atoms with Crippen molar-refractivity contribution in [3.05, 3.63) is 33.8 Å². The van der Waals surface area contributed by atoms with Crippen molar-refractivity contribution in [1.82, 2.24) is 4.90 Å². The summed E-state index contributed by atoms with van der Waals surface area (Å²) in [5, 5.41) is 0.766. The monoisotopic (exact) mass is 417 g/mol. The first kappa shape index (κ1) is 20.5. The number of benzene rings is 1. The second-order valence-corrected chi connectivity index (χ2v) is 8.84. The Hall–Kier alpha value is -1.20. The number of carbonyl (C=O) groups excluding carboxylic acids is 2. The van der Waals surface area contributed by atoms with Gasteiger partial charge in [0, 0.05) is 31.8 Å². The number of likely N-dealkylation sites (tertiary alicyclic amines) is 1. The van der Waals surface area contributed by atoms with E-state index < -0.39 is 11.3 Å². The average molecular weight is 418 g/mol. The second-order valence-electron chi connectivity index (χ2n) is 8.03. The zero-order valence-electron chi connectivity index (χ0n) is 15.2. The van der Waals surface area contributed by atoms with Gasteiger partial charge in [-0.25, -0.2) is 8.78 Å². The summed E-state index contributed by atoms with van der Waals surface area (Å²) in [5.41, 5.74) is -0.133. The fourth-order valence-electron chi connectivity index (χ4n) is 4.35. The zero-order valence-corrected chi connectivity index (χ0v) is 16.7. The fourth-order valence-corrected chi connectivity index (χ4v) is 4.64. The topological polar surface area (TPSA) is 37.4 Å². The van der Waals surface area contributed by atoms with Gasteiger partial charge in [-0.05, 0) is 42.9 Å². The van der Waals surface area contributed by atoms with Crippen molar-refractivity contribution in [2.24, 2.45) is 11.8 Å². The molecule has 2 atom stereocenters. The second kappa shape index (κ2) is 7.67. The number of hydrogen-bond acceptors (Lipinski definition) is 2. The molecule has 1 heterocycles. The van der Waals surface area contributed by atoms with E-state index in [0.29, 0.717) is 35.9 Å². The molecule has 1 aromatic rings. The Morgan fingerprint density at radius 1 is 1.22 bits per heavy atom. The molecule has 3 rings (SSSR count). The number of rotatable bonds is 4. The Bertz CT molecular complexity index is 733. The molecule has 2 aliphatic rings. The van der Waals surface area contributed by atoms with Crippen molar-refractivity contribution >= 4 is 35.4 Å². The van der Waals surface area contributed by atoms with Crippen molar-refractivity contribution in [2.75, 3.05) is 13.1 Å². The third-order valence-corrected chi connectivity index (χ3v) is 6.65. The number of nitrogens with zero attached hydrogens (tertiary/aromatic N) is 1. The Labute approximate surface area is 168 Å². The van der Waals surface area contributed by atoms with E-state index in [1.807, 2.05) is 0 Å². The molecule has 148 valence electrons. The number of carbonyl (C=O) groups is 2. The van der Waals surface area contributed by atoms with Crippen LogP contribution in [0.4, 0.5) is 8.78 Å². The molecule has 1 aromatic carbocycles. The highest BCUT2D eigenvalue weighted by Crippen LogP contribution is 2.40. The molecule has 0 N–H and O–H groups in total. The van der Waals surface area contributed by atoms with Gasteiger partial charge in [0.15, 0.2) is 0 Å². The predicted molar refractivity (Wildman–Crippen MR) is 101 cm³/mol. The largest absolute Gasteiger partial charge is 0.341 e. The summed E-state index contributed by atoms with van der Waals surface area (Å²) in [6.07, 6.45) is 1.80. The van der Waals surface area contributed by atoms with E-state index >= 15 is 0 Å². The molecule has 0 aromatic heterocycles. The summed E-state index contributed by atoms with van der Waals surface area (Å²) in [5.74, 6) is -2.91. The van der Waals surface area contributed by atoms with Gasteiger partial charge in [-0.3, -0.25) is 4.79 Å². The van der Waals surface area contributed by atoms with Crippen LogP contribution in [0, 0.1) is 11.8 Å². The van der Waals surface area contributed by atoms with Crippen molar-refractivity contribution < 1.29 is 18.4 Å². The smallest absolute Gasteiger partial charge is 0.248 e. The number of alkyl halides is 2. The summed E-state index contributed by atoms with van der Waals surface area (Å²) in [7, 11) is 0. The van der Waals surface area contributed by atoms with Crippen molar-refractivity contribution in [1.29, 1.82) is 0 Å². The van der Waals surface area contributed by atoms with Gasteiger partial charge in [0.1, 0.15) is 6.29 Å². The quantitative estimate of drug-likeness (QED) is 0.637. The lowest BCUT2D eigenvalue weighted by Crippen LogP contribution is -2.54. The maximum absolute atomic E-state index is 13.4. The number of amides is 1. The van der Waals surface area contributed by atoms with Gasteiger partial charge in [-0.2, -0.15) is 0 Å². The first-order valence-electron chi connectivity index (χ1n) is 9.24. The molecule has 0 radical (unpaired) electrons. The summed E-state index contributed by atoms with van der Waals surface area (Å²) >= 11 is 12.1.